The number of carbonyl (C=O) groups excluding carboxylic acids is 1. The van der Waals surface area contributed by atoms with Gasteiger partial charge in [-0.1, -0.05) is 26.0 Å². The second kappa shape index (κ2) is 10.7. The topological polar surface area (TPSA) is 90.9 Å². The first-order valence-electron chi connectivity index (χ1n) is 12.8. The summed E-state index contributed by atoms with van der Waals surface area (Å²) in [5.41, 5.74) is 3.40. The minimum absolute atomic E-state index is 0.293. The van der Waals surface area contributed by atoms with Gasteiger partial charge in [-0.3, -0.25) is 14.4 Å². The van der Waals surface area contributed by atoms with Crippen LogP contribution in [0.1, 0.15) is 64.1 Å². The van der Waals surface area contributed by atoms with Gasteiger partial charge in [0.1, 0.15) is 11.9 Å². The fourth-order valence-electron chi connectivity index (χ4n) is 5.29. The fourth-order valence-corrected chi connectivity index (χ4v) is 5.29. The number of amides is 1. The molecule has 0 saturated carbocycles. The molecule has 1 amide bonds. The average molecular weight is 476 g/mol. The zero-order valence-corrected chi connectivity index (χ0v) is 21.4. The Kier molecular flexibility index (Phi) is 7.66. The number of hydrogen-bond donors (Lipinski definition) is 0. The molecule has 4 rings (SSSR count). The van der Waals surface area contributed by atoms with E-state index in [1.807, 2.05) is 48.0 Å². The van der Waals surface area contributed by atoms with E-state index in [-0.39, 0.29) is 5.54 Å². The lowest BCUT2D eigenvalue weighted by Crippen LogP contribution is -2.66. The van der Waals surface area contributed by atoms with Crippen LogP contribution >= 0.6 is 0 Å². The Bertz CT molecular complexity index is 1100. The van der Waals surface area contributed by atoms with Gasteiger partial charge in [0, 0.05) is 61.7 Å². The van der Waals surface area contributed by atoms with Crippen LogP contribution < -0.4 is 0 Å². The maximum atomic E-state index is 12.5. The Hall–Kier alpha value is -3.05. The first-order valence-corrected chi connectivity index (χ1v) is 12.8. The number of rotatable bonds is 8. The van der Waals surface area contributed by atoms with Gasteiger partial charge < -0.3 is 4.90 Å². The minimum atomic E-state index is -0.319. The van der Waals surface area contributed by atoms with Crippen molar-refractivity contribution < 1.29 is 4.79 Å². The maximum Gasteiger partial charge on any atom is 0.222 e. The Labute approximate surface area is 208 Å². The summed E-state index contributed by atoms with van der Waals surface area (Å²) < 4.78 is 1.98. The maximum absolute atomic E-state index is 12.5. The lowest BCUT2D eigenvalue weighted by Gasteiger charge is -2.53. The van der Waals surface area contributed by atoms with Gasteiger partial charge in [0.15, 0.2) is 0 Å². The van der Waals surface area contributed by atoms with Crippen LogP contribution in [0, 0.1) is 24.2 Å². The van der Waals surface area contributed by atoms with Crippen LogP contribution in [-0.2, 0) is 10.3 Å². The summed E-state index contributed by atoms with van der Waals surface area (Å²) in [6.45, 7) is 11.6. The molecule has 8 nitrogen and oxygen atoms in total. The number of nitrogens with zero attached hydrogens (tertiary/aromatic N) is 7. The highest BCUT2D eigenvalue weighted by molar-refractivity contribution is 5.76. The van der Waals surface area contributed by atoms with E-state index in [1.54, 1.807) is 6.33 Å². The molecule has 0 spiro atoms. The Morgan fingerprint density at radius 3 is 2.69 bits per heavy atom. The van der Waals surface area contributed by atoms with E-state index in [1.165, 1.54) is 0 Å². The van der Waals surface area contributed by atoms with E-state index >= 15 is 0 Å². The highest BCUT2D eigenvalue weighted by Gasteiger charge is 2.48. The fraction of sp³-hybridized carbons (Fsp3) is 0.593. The third kappa shape index (κ3) is 5.30. The molecule has 8 heteroatoms. The second-order valence-electron chi connectivity index (χ2n) is 10.4. The third-order valence-electron chi connectivity index (χ3n) is 7.43. The molecule has 0 N–H and O–H groups in total. The molecule has 35 heavy (non-hydrogen) atoms. The summed E-state index contributed by atoms with van der Waals surface area (Å²) in [6, 6.07) is 2.85. The molecule has 0 bridgehead atoms. The zero-order chi connectivity index (χ0) is 25.0. The molecular formula is C27H37N7O. The van der Waals surface area contributed by atoms with Crippen LogP contribution in [0.3, 0.4) is 0 Å². The van der Waals surface area contributed by atoms with Crippen molar-refractivity contribution in [3.8, 4) is 17.3 Å². The van der Waals surface area contributed by atoms with Gasteiger partial charge in [-0.2, -0.15) is 10.4 Å². The summed E-state index contributed by atoms with van der Waals surface area (Å²) in [6.07, 6.45) is 13.5. The van der Waals surface area contributed by atoms with Crippen molar-refractivity contribution in [3.05, 3.63) is 36.1 Å². The molecule has 186 valence electrons. The quantitative estimate of drug-likeness (QED) is 0.572. The van der Waals surface area contributed by atoms with Gasteiger partial charge in [-0.15, -0.1) is 0 Å². The SMILES string of the molecule is C/C=C\c1c(C)ncnc1-c1cnn(C2(CC#N)CN(C3CCN(C(=O)CCC(C)C)CC3)C2)c1. The van der Waals surface area contributed by atoms with Crippen molar-refractivity contribution in [2.75, 3.05) is 26.2 Å². The number of aromatic nitrogens is 4. The predicted octanol–water partition coefficient (Wildman–Crippen LogP) is 4.03. The molecule has 2 aliphatic heterocycles. The van der Waals surface area contributed by atoms with Crippen LogP contribution in [-0.4, -0.2) is 67.7 Å². The number of piperidine rings is 1. The summed E-state index contributed by atoms with van der Waals surface area (Å²) in [5.74, 6) is 0.850. The average Bonchev–Trinajstić information content (AvgIpc) is 3.31. The lowest BCUT2D eigenvalue weighted by atomic mass is 9.83. The van der Waals surface area contributed by atoms with E-state index < -0.39 is 0 Å². The number of hydrogen-bond acceptors (Lipinski definition) is 6. The van der Waals surface area contributed by atoms with Crippen molar-refractivity contribution in [2.24, 2.45) is 5.92 Å². The monoisotopic (exact) mass is 475 g/mol. The molecule has 0 unspecified atom stereocenters. The van der Waals surface area contributed by atoms with Crippen molar-refractivity contribution in [3.63, 3.8) is 0 Å². The number of carbonyl (C=O) groups is 1. The molecule has 2 aromatic rings. The van der Waals surface area contributed by atoms with Crippen LogP contribution in [0.15, 0.2) is 24.8 Å². The van der Waals surface area contributed by atoms with Gasteiger partial charge >= 0.3 is 0 Å². The van der Waals surface area contributed by atoms with Crippen LogP contribution in [0.4, 0.5) is 0 Å². The van der Waals surface area contributed by atoms with E-state index in [4.69, 9.17) is 0 Å². The first-order chi connectivity index (χ1) is 16.9. The van der Waals surface area contributed by atoms with Gasteiger partial charge in [-0.05, 0) is 39.0 Å². The third-order valence-corrected chi connectivity index (χ3v) is 7.43. The van der Waals surface area contributed by atoms with E-state index in [0.29, 0.717) is 30.7 Å². The number of likely N-dealkylation sites (tertiary alicyclic amines) is 2. The molecule has 0 atom stereocenters. The molecule has 0 radical (unpaired) electrons. The Morgan fingerprint density at radius 2 is 2.03 bits per heavy atom. The van der Waals surface area contributed by atoms with E-state index in [2.05, 4.69) is 39.9 Å². The van der Waals surface area contributed by atoms with Crippen molar-refractivity contribution in [2.45, 2.75) is 71.4 Å². The molecular weight excluding hydrogens is 438 g/mol. The summed E-state index contributed by atoms with van der Waals surface area (Å²) in [5, 5.41) is 14.3. The Balaban J connectivity index is 1.41. The van der Waals surface area contributed by atoms with Crippen molar-refractivity contribution in [1.29, 1.82) is 5.26 Å². The van der Waals surface area contributed by atoms with E-state index in [9.17, 15) is 10.1 Å². The number of aryl methyl sites for hydroxylation is 1. The predicted molar refractivity (Wildman–Crippen MR) is 136 cm³/mol. The number of allylic oxidation sites excluding steroid dienone is 1. The standard InChI is InChI=1S/C27H37N7O/c1-5-6-24-21(4)29-19-30-26(24)22-15-31-34(16-22)27(11-12-28)17-33(18-27)23-9-13-32(14-10-23)25(35)8-7-20(2)3/h5-6,15-16,19-20,23H,7-11,13-14,17-18H2,1-4H3/b6-5-. The molecule has 0 aliphatic carbocycles. The van der Waals surface area contributed by atoms with Crippen LogP contribution in [0.5, 0.6) is 0 Å². The molecule has 2 aromatic heterocycles. The second-order valence-corrected chi connectivity index (χ2v) is 10.4. The van der Waals surface area contributed by atoms with Crippen LogP contribution in [0.2, 0.25) is 0 Å². The molecule has 0 aromatic carbocycles. The first kappa shape index (κ1) is 25.1. The highest BCUT2D eigenvalue weighted by Crippen LogP contribution is 2.37. The van der Waals surface area contributed by atoms with Crippen LogP contribution in [0.25, 0.3) is 17.3 Å². The summed E-state index contributed by atoms with van der Waals surface area (Å²) >= 11 is 0. The van der Waals surface area contributed by atoms with Crippen molar-refractivity contribution >= 4 is 12.0 Å². The molecule has 4 heterocycles. The van der Waals surface area contributed by atoms with Gasteiger partial charge in [-0.25, -0.2) is 9.97 Å². The smallest absolute Gasteiger partial charge is 0.222 e. The largest absolute Gasteiger partial charge is 0.343 e. The minimum Gasteiger partial charge on any atom is -0.343 e. The summed E-state index contributed by atoms with van der Waals surface area (Å²) in [4.78, 5) is 25.8. The molecule has 2 saturated heterocycles. The van der Waals surface area contributed by atoms with Gasteiger partial charge in [0.05, 0.1) is 24.4 Å². The lowest BCUT2D eigenvalue weighted by molar-refractivity contribution is -0.134. The Morgan fingerprint density at radius 1 is 1.29 bits per heavy atom. The zero-order valence-electron chi connectivity index (χ0n) is 21.4. The number of nitriles is 1. The van der Waals surface area contributed by atoms with Crippen molar-refractivity contribution in [1.82, 2.24) is 29.5 Å². The van der Waals surface area contributed by atoms with E-state index in [0.717, 1.165) is 68.0 Å². The molecule has 2 aliphatic rings. The highest BCUT2D eigenvalue weighted by atomic mass is 16.2. The van der Waals surface area contributed by atoms with Gasteiger partial charge in [0.25, 0.3) is 0 Å². The molecule has 2 fully saturated rings. The summed E-state index contributed by atoms with van der Waals surface area (Å²) in [7, 11) is 0. The van der Waals surface area contributed by atoms with Gasteiger partial charge in [0.2, 0.25) is 5.91 Å². The normalized spacial score (nSPS) is 18.7.